The number of ether oxygens (including phenoxy) is 2. The number of likely N-dealkylation sites (tertiary alicyclic amines) is 2. The Hall–Kier alpha value is -7.16. The first-order chi connectivity index (χ1) is 32.4. The van der Waals surface area contributed by atoms with E-state index in [2.05, 4.69) is 81.3 Å². The molecule has 2 aliphatic carbocycles. The first kappa shape index (κ1) is 42.5. The number of imidazole rings is 2. The van der Waals surface area contributed by atoms with Gasteiger partial charge in [-0.05, 0) is 94.9 Å². The molecule has 15 nitrogen and oxygen atoms in total. The van der Waals surface area contributed by atoms with Gasteiger partial charge in [0.15, 0.2) is 0 Å². The van der Waals surface area contributed by atoms with Crippen molar-refractivity contribution in [1.82, 2.24) is 40.4 Å². The van der Waals surface area contributed by atoms with Crippen LogP contribution in [-0.2, 0) is 19.1 Å². The van der Waals surface area contributed by atoms with Crippen LogP contribution in [0.1, 0.15) is 77.1 Å². The van der Waals surface area contributed by atoms with Crippen LogP contribution in [0.3, 0.4) is 0 Å². The number of hydrogen-bond acceptors (Lipinski definition) is 9. The molecule has 4 amide bonds. The van der Waals surface area contributed by atoms with Crippen LogP contribution in [0.15, 0.2) is 89.6 Å². The van der Waals surface area contributed by atoms with Crippen LogP contribution in [-0.4, -0.2) is 92.1 Å². The standard InChI is InChI=1S/C52H54N8O7/c1-25(2)45(57-51(63)65-5)49(61)59-37-19-31(37)21-39(59)47-53-23-35(55-47)29-11-7-27(8-12-29)33-15-16-34(44-42-18-17-41(67-42)43(33)44)28-9-13-30(14-10-28)36-24-54-48(56-36)40-22-32-20-38(32)60(40)50(62)46(26(3)4)58-52(64)66-6/h7-18,23-26,31-32,37-40,45-46H,19-22H2,1-6H3,(H,53,55)(H,54,56)(H,57,63)(H,58,64)/t31?,32?,37?,38?,39-,40-,45-,46-/m0/s1. The number of nitrogens with one attached hydrogen (secondary N) is 4. The smallest absolute Gasteiger partial charge is 0.407 e. The van der Waals surface area contributed by atoms with Crippen molar-refractivity contribution < 1.29 is 33.1 Å². The maximum atomic E-state index is 13.9. The number of aromatic amines is 2. The summed E-state index contributed by atoms with van der Waals surface area (Å²) in [4.78, 5) is 72.6. The number of rotatable bonds is 12. The van der Waals surface area contributed by atoms with E-state index in [9.17, 15) is 19.2 Å². The third-order valence-electron chi connectivity index (χ3n) is 14.6. The zero-order valence-electron chi connectivity index (χ0n) is 38.3. The number of furan rings is 2. The predicted octanol–water partition coefficient (Wildman–Crippen LogP) is 9.22. The Balaban J connectivity index is 0.812. The van der Waals surface area contributed by atoms with Gasteiger partial charge in [-0.15, -0.1) is 0 Å². The van der Waals surface area contributed by atoms with Gasteiger partial charge >= 0.3 is 12.2 Å². The molecule has 4 aliphatic rings. The molecule has 4 fully saturated rings. The molecule has 344 valence electrons. The summed E-state index contributed by atoms with van der Waals surface area (Å²) < 4.78 is 16.0. The Morgan fingerprint density at radius 1 is 0.582 bits per heavy atom. The second-order valence-electron chi connectivity index (χ2n) is 19.4. The number of nitrogens with zero attached hydrogens (tertiary/aromatic N) is 4. The van der Waals surface area contributed by atoms with Crippen LogP contribution in [0.25, 0.3) is 66.7 Å². The number of carbonyl (C=O) groups is 4. The number of benzene rings is 4. The van der Waals surface area contributed by atoms with Crippen LogP contribution in [0.4, 0.5) is 9.59 Å². The highest BCUT2D eigenvalue weighted by atomic mass is 16.5. The molecule has 4 N–H and O–H groups in total. The lowest BCUT2D eigenvalue weighted by molar-refractivity contribution is -0.137. The van der Waals surface area contributed by atoms with Crippen LogP contribution < -0.4 is 10.6 Å². The van der Waals surface area contributed by atoms with Gasteiger partial charge in [-0.25, -0.2) is 19.6 Å². The number of alkyl carbamates (subject to hydrolysis) is 2. The highest BCUT2D eigenvalue weighted by Crippen LogP contribution is 2.55. The highest BCUT2D eigenvalue weighted by molar-refractivity contribution is 6.19. The maximum absolute atomic E-state index is 13.9. The summed E-state index contributed by atoms with van der Waals surface area (Å²) in [6, 6.07) is 23.8. The fraction of sp³-hybridized carbons (Fsp3) is 0.385. The summed E-state index contributed by atoms with van der Waals surface area (Å²) in [6.07, 6.45) is 6.04. The molecule has 2 bridgehead atoms. The average molecular weight is 903 g/mol. The van der Waals surface area contributed by atoms with E-state index in [1.54, 1.807) is 0 Å². The summed E-state index contributed by atoms with van der Waals surface area (Å²) in [6.45, 7) is 7.69. The molecule has 3 aromatic carbocycles. The Labute approximate surface area is 387 Å². The molecule has 2 saturated heterocycles. The fourth-order valence-corrected chi connectivity index (χ4v) is 10.9. The molecule has 8 atom stereocenters. The van der Waals surface area contributed by atoms with Gasteiger partial charge < -0.3 is 44.3 Å². The van der Waals surface area contributed by atoms with Crippen molar-refractivity contribution in [3.8, 4) is 44.8 Å². The number of fused-ring (bicyclic) bond motifs is 7. The molecule has 6 heterocycles. The van der Waals surface area contributed by atoms with Crippen LogP contribution >= 0.6 is 0 Å². The van der Waals surface area contributed by atoms with Crippen molar-refractivity contribution in [3.05, 3.63) is 96.8 Å². The number of H-pyrrole nitrogens is 2. The highest BCUT2D eigenvalue weighted by Gasteiger charge is 2.57. The predicted molar refractivity (Wildman–Crippen MR) is 251 cm³/mol. The van der Waals surface area contributed by atoms with Gasteiger partial charge in [0.25, 0.3) is 0 Å². The lowest BCUT2D eigenvalue weighted by atomic mass is 9.91. The van der Waals surface area contributed by atoms with E-state index in [1.807, 2.05) is 62.0 Å². The van der Waals surface area contributed by atoms with Gasteiger partial charge in [-0.2, -0.15) is 0 Å². The van der Waals surface area contributed by atoms with Crippen LogP contribution in [0.5, 0.6) is 0 Å². The lowest BCUT2D eigenvalue weighted by Crippen LogP contribution is -2.52. The minimum absolute atomic E-state index is 0.104. The summed E-state index contributed by atoms with van der Waals surface area (Å²) >= 11 is 0. The van der Waals surface area contributed by atoms with Crippen LogP contribution in [0.2, 0.25) is 0 Å². The lowest BCUT2D eigenvalue weighted by Gasteiger charge is -2.31. The van der Waals surface area contributed by atoms with Gasteiger partial charge in [0.05, 0.1) is 50.1 Å². The topological polar surface area (TPSA) is 188 Å². The van der Waals surface area contributed by atoms with E-state index in [1.165, 1.54) is 14.2 Å². The summed E-state index contributed by atoms with van der Waals surface area (Å²) in [5, 5.41) is 7.63. The van der Waals surface area contributed by atoms with Crippen LogP contribution in [0, 0.1) is 23.7 Å². The minimum atomic E-state index is -0.688. The fourth-order valence-electron chi connectivity index (χ4n) is 10.9. The van der Waals surface area contributed by atoms with E-state index in [0.29, 0.717) is 11.8 Å². The second-order valence-corrected chi connectivity index (χ2v) is 19.4. The van der Waals surface area contributed by atoms with Crippen molar-refractivity contribution in [1.29, 1.82) is 0 Å². The summed E-state index contributed by atoms with van der Waals surface area (Å²) in [5.41, 5.74) is 9.61. The Bertz CT molecular complexity index is 2820. The summed E-state index contributed by atoms with van der Waals surface area (Å²) in [7, 11) is 2.61. The Morgan fingerprint density at radius 2 is 0.970 bits per heavy atom. The number of methoxy groups -OCH3 is 2. The third kappa shape index (κ3) is 7.35. The molecule has 4 aromatic heterocycles. The van der Waals surface area contributed by atoms with Gasteiger partial charge in [-0.1, -0.05) is 88.4 Å². The molecule has 67 heavy (non-hydrogen) atoms. The Morgan fingerprint density at radius 3 is 1.34 bits per heavy atom. The average Bonchev–Trinajstić information content (AvgIpc) is 3.80. The first-order valence-electron chi connectivity index (χ1n) is 23.3. The monoisotopic (exact) mass is 902 g/mol. The van der Waals surface area contributed by atoms with Gasteiger partial charge in [0.2, 0.25) is 11.8 Å². The number of piperidine rings is 2. The van der Waals surface area contributed by atoms with Crippen molar-refractivity contribution in [2.45, 2.75) is 89.6 Å². The summed E-state index contributed by atoms with van der Waals surface area (Å²) in [5.74, 6) is 1.94. The van der Waals surface area contributed by atoms with Crippen molar-refractivity contribution in [3.63, 3.8) is 0 Å². The molecule has 0 radical (unpaired) electrons. The first-order valence-corrected chi connectivity index (χ1v) is 23.3. The zero-order chi connectivity index (χ0) is 46.4. The van der Waals surface area contributed by atoms with E-state index in [-0.39, 0.29) is 47.8 Å². The van der Waals surface area contributed by atoms with Gasteiger partial charge in [0.1, 0.15) is 34.9 Å². The molecule has 11 rings (SSSR count). The quantitative estimate of drug-likeness (QED) is 0.0927. The molecule has 15 heteroatoms. The minimum Gasteiger partial charge on any atom is -0.456 e. The largest absolute Gasteiger partial charge is 0.456 e. The Kier molecular flexibility index (Phi) is 10.3. The SMILES string of the molecule is COC(=O)N[C@H](C(=O)N1C2CC2C[C@H]1c1ncc(-c2ccc(-c3ccc(-c4ccc(-c5cnc([C@@H]6CC7CC7N6C(=O)[C@@H](NC(=O)OC)C(C)C)[nH]5)cc4)c4c5ccc(o5)c34)cc2)[nH]1)C(C)C. The second kappa shape index (κ2) is 16.3. The van der Waals surface area contributed by atoms with E-state index < -0.39 is 24.3 Å². The number of amides is 4. The number of hydrogen-bond donors (Lipinski definition) is 4. The zero-order valence-corrected chi connectivity index (χ0v) is 38.3. The molecular formula is C52H54N8O7. The van der Waals surface area contributed by atoms with Gasteiger partial charge in [-0.3, -0.25) is 9.59 Å². The van der Waals surface area contributed by atoms with Crippen molar-refractivity contribution >= 4 is 45.9 Å². The van der Waals surface area contributed by atoms with E-state index >= 15 is 0 Å². The van der Waals surface area contributed by atoms with E-state index in [4.69, 9.17) is 23.9 Å². The normalized spacial score (nSPS) is 22.6. The molecule has 4 unspecified atom stereocenters. The van der Waals surface area contributed by atoms with Crippen molar-refractivity contribution in [2.24, 2.45) is 23.7 Å². The number of aromatic nitrogens is 4. The van der Waals surface area contributed by atoms with Gasteiger partial charge in [0, 0.05) is 22.9 Å². The molecule has 0 spiro atoms. The molecule has 2 saturated carbocycles. The molecular weight excluding hydrogens is 849 g/mol. The molecule has 7 aromatic rings. The molecule has 2 aliphatic heterocycles. The van der Waals surface area contributed by atoms with E-state index in [0.717, 1.165) is 104 Å². The third-order valence-corrected chi connectivity index (χ3v) is 14.6. The maximum Gasteiger partial charge on any atom is 0.407 e. The van der Waals surface area contributed by atoms with Crippen molar-refractivity contribution in [2.75, 3.05) is 14.2 Å². The number of carbonyl (C=O) groups excluding carboxylic acids is 4.